The first-order chi connectivity index (χ1) is 8.71. The number of aryl methyl sites for hydroxylation is 2. The second-order valence-corrected chi connectivity index (χ2v) is 5.26. The number of hydrogen-bond acceptors (Lipinski definition) is 5. The van der Waals surface area contributed by atoms with E-state index in [4.69, 9.17) is 0 Å². The zero-order valence-corrected chi connectivity index (χ0v) is 11.8. The van der Waals surface area contributed by atoms with Crippen LogP contribution >= 0.6 is 11.3 Å². The Kier molecular flexibility index (Phi) is 4.15. The van der Waals surface area contributed by atoms with Crippen molar-refractivity contribution < 1.29 is 0 Å². The number of nitrogens with zero attached hydrogens (tertiary/aromatic N) is 2. The Bertz CT molecular complexity index is 521. The maximum atomic E-state index is 4.37. The van der Waals surface area contributed by atoms with E-state index < -0.39 is 0 Å². The first-order valence-electron chi connectivity index (χ1n) is 6.06. The average Bonchev–Trinajstić information content (AvgIpc) is 2.83. The van der Waals surface area contributed by atoms with Crippen molar-refractivity contribution in [3.63, 3.8) is 0 Å². The summed E-state index contributed by atoms with van der Waals surface area (Å²) in [6.07, 6.45) is 1.10. The van der Waals surface area contributed by atoms with E-state index in [9.17, 15) is 0 Å². The van der Waals surface area contributed by atoms with Crippen molar-refractivity contribution in [1.82, 2.24) is 9.97 Å². The van der Waals surface area contributed by atoms with Crippen LogP contribution in [0.4, 0.5) is 11.6 Å². The van der Waals surface area contributed by atoms with Gasteiger partial charge < -0.3 is 10.6 Å². The van der Waals surface area contributed by atoms with Gasteiger partial charge in [0.2, 0.25) is 0 Å². The van der Waals surface area contributed by atoms with Gasteiger partial charge in [-0.15, -0.1) is 11.3 Å². The Labute approximate surface area is 111 Å². The summed E-state index contributed by atoms with van der Waals surface area (Å²) in [5.74, 6) is 2.47. The second-order valence-electron chi connectivity index (χ2n) is 4.01. The van der Waals surface area contributed by atoms with Crippen molar-refractivity contribution in [3.8, 4) is 0 Å². The average molecular weight is 262 g/mol. The summed E-state index contributed by atoms with van der Waals surface area (Å²) in [4.78, 5) is 11.4. The zero-order valence-electron chi connectivity index (χ0n) is 10.9. The maximum absolute atomic E-state index is 4.37. The molecule has 0 aromatic carbocycles. The standard InChI is InChI=1S/C13H18N4S/c1-4-10-5-6-11(18-10)8-15-13-7-12(14-3)16-9(2)17-13/h5-7H,4,8H2,1-3H3,(H2,14,15,16,17). The summed E-state index contributed by atoms with van der Waals surface area (Å²) in [7, 11) is 1.86. The fourth-order valence-corrected chi connectivity index (χ4v) is 2.57. The Morgan fingerprint density at radius 3 is 2.56 bits per heavy atom. The fourth-order valence-electron chi connectivity index (χ4n) is 1.67. The van der Waals surface area contributed by atoms with Gasteiger partial charge in [0.15, 0.2) is 0 Å². The molecule has 0 aliphatic rings. The highest BCUT2D eigenvalue weighted by Gasteiger charge is 2.02. The molecule has 2 N–H and O–H groups in total. The molecule has 0 aliphatic heterocycles. The molecule has 96 valence electrons. The molecule has 0 radical (unpaired) electrons. The molecule has 0 saturated heterocycles. The molecule has 0 spiro atoms. The van der Waals surface area contributed by atoms with E-state index in [0.717, 1.165) is 30.4 Å². The lowest BCUT2D eigenvalue weighted by molar-refractivity contribution is 1.03. The van der Waals surface area contributed by atoms with Gasteiger partial charge in [-0.2, -0.15) is 0 Å². The van der Waals surface area contributed by atoms with Crippen LogP contribution in [-0.4, -0.2) is 17.0 Å². The lowest BCUT2D eigenvalue weighted by Crippen LogP contribution is -2.04. The van der Waals surface area contributed by atoms with Gasteiger partial charge in [0.1, 0.15) is 17.5 Å². The number of thiophene rings is 1. The van der Waals surface area contributed by atoms with Gasteiger partial charge >= 0.3 is 0 Å². The predicted molar refractivity (Wildman–Crippen MR) is 77.3 cm³/mol. The van der Waals surface area contributed by atoms with Crippen LogP contribution in [0.1, 0.15) is 22.5 Å². The molecule has 18 heavy (non-hydrogen) atoms. The Hall–Kier alpha value is -1.62. The molecule has 0 saturated carbocycles. The molecule has 0 atom stereocenters. The first kappa shape index (κ1) is 12.8. The fraction of sp³-hybridized carbons (Fsp3) is 0.385. The van der Waals surface area contributed by atoms with Gasteiger partial charge in [-0.3, -0.25) is 0 Å². The van der Waals surface area contributed by atoms with E-state index in [2.05, 4.69) is 39.7 Å². The second kappa shape index (κ2) is 5.82. The predicted octanol–water partition coefficient (Wildman–Crippen LogP) is 3.06. The highest BCUT2D eigenvalue weighted by atomic mass is 32.1. The van der Waals surface area contributed by atoms with Crippen LogP contribution in [0.2, 0.25) is 0 Å². The summed E-state index contributed by atoms with van der Waals surface area (Å²) in [6, 6.07) is 6.27. The normalized spacial score (nSPS) is 10.4. The Morgan fingerprint density at radius 2 is 1.89 bits per heavy atom. The molecule has 2 aromatic heterocycles. The van der Waals surface area contributed by atoms with E-state index >= 15 is 0 Å². The van der Waals surface area contributed by atoms with Crippen LogP contribution < -0.4 is 10.6 Å². The smallest absolute Gasteiger partial charge is 0.132 e. The molecule has 5 heteroatoms. The molecule has 0 bridgehead atoms. The van der Waals surface area contributed by atoms with Gasteiger partial charge in [0.05, 0.1) is 6.54 Å². The third kappa shape index (κ3) is 3.20. The third-order valence-corrected chi connectivity index (χ3v) is 3.83. The van der Waals surface area contributed by atoms with Gasteiger partial charge in [-0.05, 0) is 25.5 Å². The number of rotatable bonds is 5. The van der Waals surface area contributed by atoms with Crippen LogP contribution in [0.5, 0.6) is 0 Å². The minimum absolute atomic E-state index is 0.768. The van der Waals surface area contributed by atoms with Crippen LogP contribution in [0.15, 0.2) is 18.2 Å². The summed E-state index contributed by atoms with van der Waals surface area (Å²) >= 11 is 1.84. The lowest BCUT2D eigenvalue weighted by Gasteiger charge is -2.07. The molecule has 2 heterocycles. The topological polar surface area (TPSA) is 49.8 Å². The molecule has 0 amide bonds. The van der Waals surface area contributed by atoms with E-state index in [1.165, 1.54) is 9.75 Å². The highest BCUT2D eigenvalue weighted by molar-refractivity contribution is 7.12. The van der Waals surface area contributed by atoms with E-state index in [1.54, 1.807) is 0 Å². The number of anilines is 2. The van der Waals surface area contributed by atoms with Crippen LogP contribution in [0.25, 0.3) is 0 Å². The van der Waals surface area contributed by atoms with Crippen LogP contribution in [0.3, 0.4) is 0 Å². The van der Waals surface area contributed by atoms with Gasteiger partial charge in [0.25, 0.3) is 0 Å². The molecular formula is C13H18N4S. The lowest BCUT2D eigenvalue weighted by atomic mass is 10.3. The van der Waals surface area contributed by atoms with Crippen molar-refractivity contribution in [2.24, 2.45) is 0 Å². The SMILES string of the molecule is CCc1ccc(CNc2cc(NC)nc(C)n2)s1. The van der Waals surface area contributed by atoms with E-state index in [-0.39, 0.29) is 0 Å². The molecule has 0 fully saturated rings. The minimum atomic E-state index is 0.768. The number of nitrogens with one attached hydrogen (secondary N) is 2. The van der Waals surface area contributed by atoms with E-state index in [1.807, 2.05) is 31.4 Å². The quantitative estimate of drug-likeness (QED) is 0.869. The number of hydrogen-bond donors (Lipinski definition) is 2. The highest BCUT2D eigenvalue weighted by Crippen LogP contribution is 2.18. The minimum Gasteiger partial charge on any atom is -0.373 e. The van der Waals surface area contributed by atoms with Gasteiger partial charge in [-0.1, -0.05) is 6.92 Å². The Morgan fingerprint density at radius 1 is 1.17 bits per heavy atom. The molecular weight excluding hydrogens is 244 g/mol. The molecule has 0 aliphatic carbocycles. The van der Waals surface area contributed by atoms with E-state index in [0.29, 0.717) is 0 Å². The van der Waals surface area contributed by atoms with Crippen LogP contribution in [-0.2, 0) is 13.0 Å². The molecule has 4 nitrogen and oxygen atoms in total. The molecule has 2 rings (SSSR count). The molecule has 0 unspecified atom stereocenters. The number of aromatic nitrogens is 2. The maximum Gasteiger partial charge on any atom is 0.132 e. The van der Waals surface area contributed by atoms with Crippen molar-refractivity contribution in [2.75, 3.05) is 17.7 Å². The Balaban J connectivity index is 2.03. The van der Waals surface area contributed by atoms with Gasteiger partial charge in [-0.25, -0.2) is 9.97 Å². The van der Waals surface area contributed by atoms with Crippen molar-refractivity contribution in [1.29, 1.82) is 0 Å². The molecule has 2 aromatic rings. The van der Waals surface area contributed by atoms with Crippen molar-refractivity contribution in [3.05, 3.63) is 33.8 Å². The summed E-state index contributed by atoms with van der Waals surface area (Å²) in [6.45, 7) is 4.88. The first-order valence-corrected chi connectivity index (χ1v) is 6.87. The van der Waals surface area contributed by atoms with Crippen LogP contribution in [0, 0.1) is 6.92 Å². The summed E-state index contributed by atoms with van der Waals surface area (Å²) in [5.41, 5.74) is 0. The third-order valence-electron chi connectivity index (χ3n) is 2.60. The largest absolute Gasteiger partial charge is 0.373 e. The van der Waals surface area contributed by atoms with Gasteiger partial charge in [0, 0.05) is 22.9 Å². The van der Waals surface area contributed by atoms with Crippen molar-refractivity contribution in [2.45, 2.75) is 26.8 Å². The summed E-state index contributed by atoms with van der Waals surface area (Å²) in [5, 5.41) is 6.36. The summed E-state index contributed by atoms with van der Waals surface area (Å²) < 4.78 is 0. The zero-order chi connectivity index (χ0) is 13.0. The monoisotopic (exact) mass is 262 g/mol. The van der Waals surface area contributed by atoms with Crippen molar-refractivity contribution >= 4 is 23.0 Å².